The Morgan fingerprint density at radius 1 is 1.42 bits per heavy atom. The van der Waals surface area contributed by atoms with Gasteiger partial charge < -0.3 is 14.8 Å². The third-order valence-corrected chi connectivity index (χ3v) is 2.32. The van der Waals surface area contributed by atoms with Gasteiger partial charge in [0.25, 0.3) is 6.01 Å². The van der Waals surface area contributed by atoms with Gasteiger partial charge in [0.05, 0.1) is 17.8 Å². The van der Waals surface area contributed by atoms with Crippen molar-refractivity contribution < 1.29 is 23.1 Å². The van der Waals surface area contributed by atoms with E-state index in [1.54, 1.807) is 0 Å². The van der Waals surface area contributed by atoms with Crippen LogP contribution in [0.4, 0.5) is 20.5 Å². The molecule has 1 aromatic carbocycles. The zero-order chi connectivity index (χ0) is 13.8. The van der Waals surface area contributed by atoms with Crippen molar-refractivity contribution in [3.8, 4) is 0 Å². The summed E-state index contributed by atoms with van der Waals surface area (Å²) in [6, 6.07) is 3.06. The van der Waals surface area contributed by atoms with Crippen LogP contribution >= 0.6 is 0 Å². The highest BCUT2D eigenvalue weighted by Crippen LogP contribution is 2.20. The van der Waals surface area contributed by atoms with Crippen LogP contribution in [0.5, 0.6) is 0 Å². The first-order chi connectivity index (χ1) is 9.04. The number of carboxylic acid groups (broad SMARTS) is 1. The molecule has 0 fully saturated rings. The Morgan fingerprint density at radius 2 is 2.21 bits per heavy atom. The van der Waals surface area contributed by atoms with Gasteiger partial charge in [-0.25, -0.2) is 8.78 Å². The maximum Gasteiger partial charge on any atom is 0.303 e. The number of halogens is 2. The van der Waals surface area contributed by atoms with Gasteiger partial charge in [-0.15, -0.1) is 0 Å². The van der Waals surface area contributed by atoms with E-state index < -0.39 is 17.6 Å². The molecule has 1 heterocycles. The lowest BCUT2D eigenvalue weighted by molar-refractivity contribution is -0.136. The number of rotatable bonds is 5. The first kappa shape index (κ1) is 13.0. The molecule has 5 nitrogen and oxygen atoms in total. The summed E-state index contributed by atoms with van der Waals surface area (Å²) < 4.78 is 31.1. The third kappa shape index (κ3) is 3.51. The SMILES string of the molecule is O=C(O)CCc1coc(Nc2ccc(F)cc2F)n1. The number of carbonyl (C=O) groups is 1. The monoisotopic (exact) mass is 268 g/mol. The van der Waals surface area contributed by atoms with Crippen LogP contribution in [0.1, 0.15) is 12.1 Å². The summed E-state index contributed by atoms with van der Waals surface area (Å²) in [5.74, 6) is -2.40. The van der Waals surface area contributed by atoms with Crippen molar-refractivity contribution in [1.82, 2.24) is 4.98 Å². The molecule has 2 rings (SSSR count). The molecular weight excluding hydrogens is 258 g/mol. The quantitative estimate of drug-likeness (QED) is 0.872. The van der Waals surface area contributed by atoms with Crippen LogP contribution in [0.3, 0.4) is 0 Å². The third-order valence-electron chi connectivity index (χ3n) is 2.32. The normalized spacial score (nSPS) is 10.4. The summed E-state index contributed by atoms with van der Waals surface area (Å²) in [5, 5.41) is 11.1. The second-order valence-corrected chi connectivity index (χ2v) is 3.79. The van der Waals surface area contributed by atoms with E-state index in [9.17, 15) is 13.6 Å². The first-order valence-electron chi connectivity index (χ1n) is 5.43. The molecule has 0 aliphatic carbocycles. The zero-order valence-electron chi connectivity index (χ0n) is 9.69. The molecule has 1 aromatic heterocycles. The van der Waals surface area contributed by atoms with Gasteiger partial charge in [0, 0.05) is 12.5 Å². The lowest BCUT2D eigenvalue weighted by atomic mass is 10.2. The minimum absolute atomic E-state index is 0.0193. The second-order valence-electron chi connectivity index (χ2n) is 3.79. The van der Waals surface area contributed by atoms with Crippen molar-refractivity contribution in [3.05, 3.63) is 41.8 Å². The zero-order valence-corrected chi connectivity index (χ0v) is 9.69. The van der Waals surface area contributed by atoms with Crippen molar-refractivity contribution in [2.24, 2.45) is 0 Å². The van der Waals surface area contributed by atoms with E-state index in [1.165, 1.54) is 12.3 Å². The van der Waals surface area contributed by atoms with Crippen LogP contribution < -0.4 is 5.32 Å². The molecule has 7 heteroatoms. The molecule has 0 aliphatic rings. The summed E-state index contributed by atoms with van der Waals surface area (Å²) in [5.41, 5.74) is 0.459. The van der Waals surface area contributed by atoms with Crippen molar-refractivity contribution in [3.63, 3.8) is 0 Å². The number of carboxylic acids is 1. The molecule has 0 spiro atoms. The molecular formula is C12H10F2N2O3. The Labute approximate surface area is 106 Å². The van der Waals surface area contributed by atoms with E-state index in [4.69, 9.17) is 9.52 Å². The molecule has 100 valence electrons. The number of nitrogens with zero attached hydrogens (tertiary/aromatic N) is 1. The van der Waals surface area contributed by atoms with Crippen LogP contribution in [0, 0.1) is 11.6 Å². The number of aromatic nitrogens is 1. The van der Waals surface area contributed by atoms with Gasteiger partial charge in [-0.2, -0.15) is 4.98 Å². The fourth-order valence-electron chi connectivity index (χ4n) is 1.42. The highest BCUT2D eigenvalue weighted by molar-refractivity contribution is 5.67. The molecule has 0 amide bonds. The molecule has 0 saturated carbocycles. The Balaban J connectivity index is 2.05. The van der Waals surface area contributed by atoms with Gasteiger partial charge in [0.15, 0.2) is 0 Å². The first-order valence-corrected chi connectivity index (χ1v) is 5.43. The largest absolute Gasteiger partial charge is 0.481 e. The molecule has 2 N–H and O–H groups in total. The highest BCUT2D eigenvalue weighted by Gasteiger charge is 2.09. The lowest BCUT2D eigenvalue weighted by Gasteiger charge is -2.02. The summed E-state index contributed by atoms with van der Waals surface area (Å²) >= 11 is 0. The van der Waals surface area contributed by atoms with Crippen LogP contribution in [-0.4, -0.2) is 16.1 Å². The van der Waals surface area contributed by atoms with E-state index in [1.807, 2.05) is 0 Å². The van der Waals surface area contributed by atoms with Crippen molar-refractivity contribution in [2.45, 2.75) is 12.8 Å². The molecule has 0 aliphatic heterocycles. The summed E-state index contributed by atoms with van der Waals surface area (Å²) in [6.07, 6.45) is 1.43. The molecule has 19 heavy (non-hydrogen) atoms. The maximum atomic E-state index is 13.3. The van der Waals surface area contributed by atoms with Crippen molar-refractivity contribution in [2.75, 3.05) is 5.32 Å². The van der Waals surface area contributed by atoms with Gasteiger partial charge in [0.2, 0.25) is 0 Å². The average Bonchev–Trinajstić information content (AvgIpc) is 2.78. The van der Waals surface area contributed by atoms with E-state index in [0.717, 1.165) is 12.1 Å². The Kier molecular flexibility index (Phi) is 3.74. The van der Waals surface area contributed by atoms with Crippen LogP contribution in [-0.2, 0) is 11.2 Å². The van der Waals surface area contributed by atoms with Gasteiger partial charge in [-0.05, 0) is 12.1 Å². The number of benzene rings is 1. The number of nitrogens with one attached hydrogen (secondary N) is 1. The van der Waals surface area contributed by atoms with E-state index >= 15 is 0 Å². The minimum Gasteiger partial charge on any atom is -0.481 e. The van der Waals surface area contributed by atoms with E-state index in [2.05, 4.69) is 10.3 Å². The number of hydrogen-bond donors (Lipinski definition) is 2. The fourth-order valence-corrected chi connectivity index (χ4v) is 1.42. The number of aliphatic carboxylic acids is 1. The number of hydrogen-bond acceptors (Lipinski definition) is 4. The smallest absolute Gasteiger partial charge is 0.303 e. The van der Waals surface area contributed by atoms with Gasteiger partial charge in [-0.3, -0.25) is 4.79 Å². The summed E-state index contributed by atoms with van der Waals surface area (Å²) in [7, 11) is 0. The van der Waals surface area contributed by atoms with Gasteiger partial charge in [-0.1, -0.05) is 0 Å². The highest BCUT2D eigenvalue weighted by atomic mass is 19.1. The predicted octanol–water partition coefficient (Wildman–Crippen LogP) is 2.71. The molecule has 0 radical (unpaired) electrons. The topological polar surface area (TPSA) is 75.4 Å². The summed E-state index contributed by atoms with van der Waals surface area (Å²) in [6.45, 7) is 0. The van der Waals surface area contributed by atoms with Crippen LogP contribution in [0.15, 0.2) is 28.9 Å². The number of anilines is 2. The summed E-state index contributed by atoms with van der Waals surface area (Å²) in [4.78, 5) is 14.3. The van der Waals surface area contributed by atoms with Gasteiger partial charge in [0.1, 0.15) is 17.9 Å². The van der Waals surface area contributed by atoms with E-state index in [-0.39, 0.29) is 24.5 Å². The second kappa shape index (κ2) is 5.47. The number of oxazole rings is 1. The van der Waals surface area contributed by atoms with Crippen molar-refractivity contribution >= 4 is 17.7 Å². The molecule has 0 unspecified atom stereocenters. The average molecular weight is 268 g/mol. The number of aryl methyl sites for hydroxylation is 1. The van der Waals surface area contributed by atoms with Gasteiger partial charge >= 0.3 is 5.97 Å². The lowest BCUT2D eigenvalue weighted by Crippen LogP contribution is -1.98. The predicted molar refractivity (Wildman–Crippen MR) is 62.1 cm³/mol. The Hall–Kier alpha value is -2.44. The van der Waals surface area contributed by atoms with Crippen LogP contribution in [0.25, 0.3) is 0 Å². The Bertz CT molecular complexity index is 598. The van der Waals surface area contributed by atoms with Crippen molar-refractivity contribution in [1.29, 1.82) is 0 Å². The molecule has 0 saturated heterocycles. The Morgan fingerprint density at radius 3 is 2.89 bits per heavy atom. The minimum atomic E-state index is -0.943. The van der Waals surface area contributed by atoms with E-state index in [0.29, 0.717) is 5.69 Å². The standard InChI is InChI=1S/C12H10F2N2O3/c13-7-1-3-10(9(14)5-7)16-12-15-8(6-19-12)2-4-11(17)18/h1,3,5-6H,2,4H2,(H,15,16)(H,17,18). The fraction of sp³-hybridized carbons (Fsp3) is 0.167. The molecule has 0 atom stereocenters. The molecule has 0 bridgehead atoms. The maximum absolute atomic E-state index is 13.3. The molecule has 2 aromatic rings. The van der Waals surface area contributed by atoms with Crippen LogP contribution in [0.2, 0.25) is 0 Å².